The number of benzene rings is 2. The Morgan fingerprint density at radius 2 is 2.03 bits per heavy atom. The monoisotopic (exact) mass is 434 g/mol. The number of hydrogen-bond acceptors (Lipinski definition) is 5. The zero-order valence-electron chi connectivity index (χ0n) is 16.6. The second kappa shape index (κ2) is 9.54. The molecule has 1 heterocycles. The molecule has 1 amide bonds. The van der Waals surface area contributed by atoms with Crippen molar-refractivity contribution in [2.45, 2.75) is 25.7 Å². The van der Waals surface area contributed by atoms with Crippen LogP contribution in [0.4, 0.5) is 5.69 Å². The van der Waals surface area contributed by atoms with Gasteiger partial charge in [0.05, 0.1) is 18.0 Å². The van der Waals surface area contributed by atoms with Crippen molar-refractivity contribution in [1.29, 1.82) is 0 Å². The smallest absolute Gasteiger partial charge is 0.263 e. The number of hydrogen-bond donors (Lipinski definition) is 1. The van der Waals surface area contributed by atoms with Gasteiger partial charge in [-0.2, -0.15) is 11.8 Å². The first-order chi connectivity index (χ1) is 13.9. The predicted octanol–water partition coefficient (Wildman–Crippen LogP) is 2.96. The number of rotatable bonds is 8. The molecule has 3 rings (SSSR count). The molecule has 6 nitrogen and oxygen atoms in total. The minimum atomic E-state index is -3.50. The van der Waals surface area contributed by atoms with Crippen LogP contribution in [0, 0.1) is 6.92 Å². The number of carbonyl (C=O) groups is 1. The third-order valence-corrected chi connectivity index (χ3v) is 7.40. The van der Waals surface area contributed by atoms with Gasteiger partial charge in [0, 0.05) is 18.1 Å². The average Bonchev–Trinajstić information content (AvgIpc) is 2.72. The van der Waals surface area contributed by atoms with E-state index in [4.69, 9.17) is 4.74 Å². The maximum atomic E-state index is 12.6. The Labute approximate surface area is 176 Å². The number of nitrogens with zero attached hydrogens (tertiary/aromatic N) is 1. The molecule has 1 aliphatic heterocycles. The molecule has 0 spiro atoms. The lowest BCUT2D eigenvalue weighted by Gasteiger charge is -2.34. The molecule has 1 N–H and O–H groups in total. The van der Waals surface area contributed by atoms with E-state index in [0.717, 1.165) is 11.5 Å². The largest absolute Gasteiger partial charge is 0.476 e. The van der Waals surface area contributed by atoms with E-state index in [9.17, 15) is 13.2 Å². The third kappa shape index (κ3) is 5.45. The summed E-state index contributed by atoms with van der Waals surface area (Å²) in [6.07, 6.45) is -0.868. The van der Waals surface area contributed by atoms with Crippen molar-refractivity contribution in [2.75, 3.05) is 28.9 Å². The molecule has 0 aliphatic carbocycles. The predicted molar refractivity (Wildman–Crippen MR) is 118 cm³/mol. The normalized spacial score (nSPS) is 16.1. The van der Waals surface area contributed by atoms with E-state index in [1.807, 2.05) is 6.07 Å². The van der Waals surface area contributed by atoms with Crippen molar-refractivity contribution < 1.29 is 17.9 Å². The zero-order chi connectivity index (χ0) is 20.9. The van der Waals surface area contributed by atoms with Crippen molar-refractivity contribution in [3.63, 3.8) is 0 Å². The lowest BCUT2D eigenvalue weighted by Crippen LogP contribution is -2.51. The van der Waals surface area contributed by atoms with Gasteiger partial charge < -0.3 is 10.1 Å². The van der Waals surface area contributed by atoms with E-state index in [0.29, 0.717) is 18.0 Å². The van der Waals surface area contributed by atoms with Crippen LogP contribution in [0.15, 0.2) is 48.5 Å². The fourth-order valence-corrected chi connectivity index (χ4v) is 5.04. The number of fused-ring (bicyclic) bond motifs is 1. The Kier molecular flexibility index (Phi) is 7.08. The van der Waals surface area contributed by atoms with E-state index in [-0.39, 0.29) is 18.2 Å². The van der Waals surface area contributed by atoms with E-state index in [1.165, 1.54) is 15.4 Å². The third-order valence-electron chi connectivity index (χ3n) is 4.62. The molecule has 0 radical (unpaired) electrons. The van der Waals surface area contributed by atoms with Crippen LogP contribution in [0.2, 0.25) is 0 Å². The van der Waals surface area contributed by atoms with Crippen LogP contribution < -0.4 is 14.4 Å². The molecule has 156 valence electrons. The summed E-state index contributed by atoms with van der Waals surface area (Å²) in [5.41, 5.74) is 2.97. The molecule has 0 fully saturated rings. The number of para-hydroxylation sites is 2. The standard InChI is InChI=1S/C21H26N2O4S2/c1-3-29(25,26)23-14-20(27-19-10-5-4-9-18(19)23)21(24)22-11-12-28-15-17-8-6-7-16(2)13-17/h4-10,13,20H,3,11-12,14-15H2,1-2H3,(H,22,24). The Morgan fingerprint density at radius 1 is 1.24 bits per heavy atom. The molecule has 0 saturated heterocycles. The van der Waals surface area contributed by atoms with Crippen LogP contribution in [-0.4, -0.2) is 45.0 Å². The van der Waals surface area contributed by atoms with Gasteiger partial charge in [-0.25, -0.2) is 8.42 Å². The number of ether oxygens (including phenoxy) is 1. The first-order valence-corrected chi connectivity index (χ1v) is 12.3. The first-order valence-electron chi connectivity index (χ1n) is 9.58. The summed E-state index contributed by atoms with van der Waals surface area (Å²) in [7, 11) is -3.50. The maximum Gasteiger partial charge on any atom is 0.263 e. The summed E-state index contributed by atoms with van der Waals surface area (Å²) in [6, 6.07) is 15.3. The first kappa shape index (κ1) is 21.5. The Hall–Kier alpha value is -2.19. The van der Waals surface area contributed by atoms with Gasteiger partial charge in [0.2, 0.25) is 10.0 Å². The van der Waals surface area contributed by atoms with E-state index in [2.05, 4.69) is 30.4 Å². The Morgan fingerprint density at radius 3 is 2.79 bits per heavy atom. The SMILES string of the molecule is CCS(=O)(=O)N1CC(C(=O)NCCSCc2cccc(C)c2)Oc2ccccc21. The van der Waals surface area contributed by atoms with Crippen molar-refractivity contribution in [2.24, 2.45) is 0 Å². The molecule has 0 aromatic heterocycles. The molecule has 1 unspecified atom stereocenters. The highest BCUT2D eigenvalue weighted by atomic mass is 32.2. The maximum absolute atomic E-state index is 12.6. The number of carbonyl (C=O) groups excluding carboxylic acids is 1. The Balaban J connectivity index is 1.54. The van der Waals surface area contributed by atoms with E-state index < -0.39 is 16.1 Å². The lowest BCUT2D eigenvalue weighted by atomic mass is 10.2. The van der Waals surface area contributed by atoms with Crippen LogP contribution >= 0.6 is 11.8 Å². The summed E-state index contributed by atoms with van der Waals surface area (Å²) in [4.78, 5) is 12.6. The fourth-order valence-electron chi connectivity index (χ4n) is 3.11. The number of sulfonamides is 1. The highest BCUT2D eigenvalue weighted by molar-refractivity contribution is 7.98. The Bertz CT molecular complexity index is 963. The van der Waals surface area contributed by atoms with Crippen LogP contribution in [0.25, 0.3) is 0 Å². The number of nitrogens with one attached hydrogen (secondary N) is 1. The van der Waals surface area contributed by atoms with Crippen LogP contribution in [0.1, 0.15) is 18.1 Å². The second-order valence-electron chi connectivity index (χ2n) is 6.84. The summed E-state index contributed by atoms with van der Waals surface area (Å²) in [5, 5.41) is 2.86. The van der Waals surface area contributed by atoms with Crippen LogP contribution in [-0.2, 0) is 20.6 Å². The second-order valence-corrected chi connectivity index (χ2v) is 10.1. The number of anilines is 1. The van der Waals surface area contributed by atoms with Gasteiger partial charge in [-0.3, -0.25) is 9.10 Å². The summed E-state index contributed by atoms with van der Waals surface area (Å²) in [6.45, 7) is 4.14. The van der Waals surface area contributed by atoms with Crippen molar-refractivity contribution in [1.82, 2.24) is 5.32 Å². The molecular formula is C21H26N2O4S2. The molecule has 2 aromatic rings. The molecule has 0 saturated carbocycles. The number of amides is 1. The van der Waals surface area contributed by atoms with Gasteiger partial charge >= 0.3 is 0 Å². The van der Waals surface area contributed by atoms with Gasteiger partial charge in [0.1, 0.15) is 5.75 Å². The summed E-state index contributed by atoms with van der Waals surface area (Å²) in [5.74, 6) is 1.72. The van der Waals surface area contributed by atoms with Crippen molar-refractivity contribution >= 4 is 33.4 Å². The van der Waals surface area contributed by atoms with Crippen LogP contribution in [0.3, 0.4) is 0 Å². The van der Waals surface area contributed by atoms with Gasteiger partial charge in [-0.05, 0) is 31.5 Å². The van der Waals surface area contributed by atoms with Gasteiger partial charge in [0.15, 0.2) is 6.10 Å². The number of aryl methyl sites for hydroxylation is 1. The molecule has 29 heavy (non-hydrogen) atoms. The molecule has 8 heteroatoms. The molecule has 0 bridgehead atoms. The minimum Gasteiger partial charge on any atom is -0.476 e. The minimum absolute atomic E-state index is 0.0184. The average molecular weight is 435 g/mol. The van der Waals surface area contributed by atoms with Crippen molar-refractivity contribution in [3.8, 4) is 5.75 Å². The van der Waals surface area contributed by atoms with E-state index >= 15 is 0 Å². The molecule has 1 aliphatic rings. The molecular weight excluding hydrogens is 408 g/mol. The van der Waals surface area contributed by atoms with Gasteiger partial charge in [-0.15, -0.1) is 0 Å². The molecule has 2 aromatic carbocycles. The van der Waals surface area contributed by atoms with Crippen LogP contribution in [0.5, 0.6) is 5.75 Å². The topological polar surface area (TPSA) is 75.7 Å². The summed E-state index contributed by atoms with van der Waals surface area (Å²) >= 11 is 1.74. The van der Waals surface area contributed by atoms with Gasteiger partial charge in [-0.1, -0.05) is 42.0 Å². The fraction of sp³-hybridized carbons (Fsp3) is 0.381. The summed E-state index contributed by atoms with van der Waals surface area (Å²) < 4.78 is 32.0. The lowest BCUT2D eigenvalue weighted by molar-refractivity contribution is -0.127. The van der Waals surface area contributed by atoms with E-state index in [1.54, 1.807) is 43.0 Å². The van der Waals surface area contributed by atoms with Gasteiger partial charge in [0.25, 0.3) is 5.91 Å². The zero-order valence-corrected chi connectivity index (χ0v) is 18.3. The highest BCUT2D eigenvalue weighted by Gasteiger charge is 2.35. The highest BCUT2D eigenvalue weighted by Crippen LogP contribution is 2.35. The van der Waals surface area contributed by atoms with Crippen molar-refractivity contribution in [3.05, 3.63) is 59.7 Å². The number of thioether (sulfide) groups is 1. The molecule has 1 atom stereocenters. The quantitative estimate of drug-likeness (QED) is 0.647.